The van der Waals surface area contributed by atoms with E-state index in [2.05, 4.69) is 5.32 Å². The summed E-state index contributed by atoms with van der Waals surface area (Å²) >= 11 is 0. The average Bonchev–Trinajstić information content (AvgIpc) is 2.61. The number of rotatable bonds is 6. The van der Waals surface area contributed by atoms with E-state index >= 15 is 0 Å². The van der Waals surface area contributed by atoms with Crippen molar-refractivity contribution in [3.8, 4) is 0 Å². The molecule has 0 aliphatic heterocycles. The molecule has 0 saturated heterocycles. The molecule has 0 aliphatic carbocycles. The van der Waals surface area contributed by atoms with Gasteiger partial charge >= 0.3 is 0 Å². The van der Waals surface area contributed by atoms with Crippen LogP contribution in [-0.2, 0) is 11.2 Å². The zero-order chi connectivity index (χ0) is 16.7. The quantitative estimate of drug-likeness (QED) is 0.891. The third-order valence-electron chi connectivity index (χ3n) is 3.73. The van der Waals surface area contributed by atoms with E-state index in [1.54, 1.807) is 32.2 Å². The van der Waals surface area contributed by atoms with Gasteiger partial charge < -0.3 is 10.2 Å². The van der Waals surface area contributed by atoms with Gasteiger partial charge in [0.1, 0.15) is 0 Å². The van der Waals surface area contributed by atoms with Crippen LogP contribution < -0.4 is 10.2 Å². The van der Waals surface area contributed by atoms with Gasteiger partial charge in [0.2, 0.25) is 5.91 Å². The Morgan fingerprint density at radius 2 is 1.65 bits per heavy atom. The highest BCUT2D eigenvalue weighted by Crippen LogP contribution is 2.19. The van der Waals surface area contributed by atoms with Gasteiger partial charge in [-0.3, -0.25) is 9.59 Å². The van der Waals surface area contributed by atoms with Crippen molar-refractivity contribution in [1.82, 2.24) is 5.32 Å². The van der Waals surface area contributed by atoms with Crippen LogP contribution in [0.2, 0.25) is 0 Å². The predicted molar refractivity (Wildman–Crippen MR) is 92.6 cm³/mol. The number of anilines is 1. The number of benzene rings is 2. The van der Waals surface area contributed by atoms with Gasteiger partial charge in [-0.05, 0) is 24.1 Å². The number of amides is 2. The summed E-state index contributed by atoms with van der Waals surface area (Å²) < 4.78 is 0. The number of nitrogens with zero attached hydrogens (tertiary/aromatic N) is 1. The van der Waals surface area contributed by atoms with E-state index in [4.69, 9.17) is 0 Å². The lowest BCUT2D eigenvalue weighted by Crippen LogP contribution is -2.31. The van der Waals surface area contributed by atoms with Crippen molar-refractivity contribution >= 4 is 17.5 Å². The third-order valence-corrected chi connectivity index (χ3v) is 3.73. The third kappa shape index (κ3) is 4.42. The molecule has 4 nitrogen and oxygen atoms in total. The molecule has 2 aromatic carbocycles. The largest absolute Gasteiger partial charge is 0.352 e. The molecule has 0 saturated carbocycles. The van der Waals surface area contributed by atoms with Crippen LogP contribution in [0.5, 0.6) is 0 Å². The van der Waals surface area contributed by atoms with E-state index in [9.17, 15) is 9.59 Å². The Morgan fingerprint density at radius 1 is 1.00 bits per heavy atom. The summed E-state index contributed by atoms with van der Waals surface area (Å²) in [5, 5.41) is 2.92. The van der Waals surface area contributed by atoms with Gasteiger partial charge in [0.15, 0.2) is 0 Å². The zero-order valence-corrected chi connectivity index (χ0v) is 13.6. The maximum atomic E-state index is 12.4. The second kappa shape index (κ2) is 8.13. The lowest BCUT2D eigenvalue weighted by atomic mass is 10.1. The zero-order valence-electron chi connectivity index (χ0n) is 13.6. The van der Waals surface area contributed by atoms with Gasteiger partial charge in [-0.2, -0.15) is 0 Å². The fourth-order valence-corrected chi connectivity index (χ4v) is 2.39. The molecule has 0 heterocycles. The summed E-state index contributed by atoms with van der Waals surface area (Å²) in [5.41, 5.74) is 2.33. The molecule has 0 radical (unpaired) electrons. The van der Waals surface area contributed by atoms with Crippen molar-refractivity contribution in [3.63, 3.8) is 0 Å². The molecule has 120 valence electrons. The highest BCUT2D eigenvalue weighted by atomic mass is 16.2. The first kappa shape index (κ1) is 16.7. The molecule has 0 aromatic heterocycles. The van der Waals surface area contributed by atoms with Crippen molar-refractivity contribution in [2.75, 3.05) is 18.5 Å². The van der Waals surface area contributed by atoms with Crippen molar-refractivity contribution in [2.24, 2.45) is 0 Å². The van der Waals surface area contributed by atoms with Crippen molar-refractivity contribution < 1.29 is 9.59 Å². The second-order valence-electron chi connectivity index (χ2n) is 5.31. The van der Waals surface area contributed by atoms with E-state index in [1.165, 1.54) is 10.5 Å². The Morgan fingerprint density at radius 3 is 2.35 bits per heavy atom. The fourth-order valence-electron chi connectivity index (χ4n) is 2.39. The lowest BCUT2D eigenvalue weighted by molar-refractivity contribution is -0.118. The monoisotopic (exact) mass is 310 g/mol. The summed E-state index contributed by atoms with van der Waals surface area (Å²) in [4.78, 5) is 25.8. The topological polar surface area (TPSA) is 49.4 Å². The highest BCUT2D eigenvalue weighted by molar-refractivity contribution is 6.04. The molecule has 2 aromatic rings. The maximum Gasteiger partial charge on any atom is 0.253 e. The van der Waals surface area contributed by atoms with Crippen LogP contribution in [0.25, 0.3) is 0 Å². The molecule has 2 rings (SSSR count). The van der Waals surface area contributed by atoms with Crippen LogP contribution in [0.1, 0.15) is 29.3 Å². The van der Waals surface area contributed by atoms with E-state index in [1.807, 2.05) is 36.4 Å². The normalized spacial score (nSPS) is 10.2. The molecule has 2 amide bonds. The number of carbonyl (C=O) groups excluding carboxylic acids is 2. The molecule has 1 N–H and O–H groups in total. The Hall–Kier alpha value is -2.62. The fraction of sp³-hybridized carbons (Fsp3) is 0.263. The van der Waals surface area contributed by atoms with Gasteiger partial charge in [-0.15, -0.1) is 0 Å². The maximum absolute atomic E-state index is 12.4. The van der Waals surface area contributed by atoms with Crippen molar-refractivity contribution in [1.29, 1.82) is 0 Å². The molecule has 0 fully saturated rings. The van der Waals surface area contributed by atoms with E-state index < -0.39 is 0 Å². The minimum Gasteiger partial charge on any atom is -0.352 e. The number of para-hydroxylation sites is 1. The smallest absolute Gasteiger partial charge is 0.253 e. The van der Waals surface area contributed by atoms with Crippen LogP contribution in [0.4, 0.5) is 5.69 Å². The van der Waals surface area contributed by atoms with Gasteiger partial charge in [-0.1, -0.05) is 49.4 Å². The van der Waals surface area contributed by atoms with E-state index in [-0.39, 0.29) is 11.8 Å². The van der Waals surface area contributed by atoms with E-state index in [0.29, 0.717) is 24.2 Å². The first-order valence-corrected chi connectivity index (χ1v) is 7.81. The summed E-state index contributed by atoms with van der Waals surface area (Å²) in [6.45, 7) is 2.37. The van der Waals surface area contributed by atoms with Gasteiger partial charge in [0.05, 0.1) is 11.3 Å². The molecule has 0 bridgehead atoms. The molecule has 0 unspecified atom stereocenters. The Bertz CT molecular complexity index is 668. The first-order valence-electron chi connectivity index (χ1n) is 7.81. The standard InChI is InChI=1S/C19H22N2O2/c1-3-18(22)21(2)17-12-8-7-11-16(17)19(23)20-14-13-15-9-5-4-6-10-15/h4-12H,3,13-14H2,1-2H3,(H,20,23). The summed E-state index contributed by atoms with van der Waals surface area (Å²) in [5.74, 6) is -0.179. The van der Waals surface area contributed by atoms with Gasteiger partial charge in [0, 0.05) is 20.0 Å². The molecule has 4 heteroatoms. The van der Waals surface area contributed by atoms with Crippen LogP contribution in [-0.4, -0.2) is 25.4 Å². The summed E-state index contributed by atoms with van der Waals surface area (Å²) in [6.07, 6.45) is 1.18. The number of nitrogens with one attached hydrogen (secondary N) is 1. The first-order chi connectivity index (χ1) is 11.1. The second-order valence-corrected chi connectivity index (χ2v) is 5.31. The molecular formula is C19H22N2O2. The molecule has 0 atom stereocenters. The van der Waals surface area contributed by atoms with Crippen LogP contribution >= 0.6 is 0 Å². The Balaban J connectivity index is 2.03. The van der Waals surface area contributed by atoms with Crippen molar-refractivity contribution in [3.05, 3.63) is 65.7 Å². The van der Waals surface area contributed by atoms with Gasteiger partial charge in [-0.25, -0.2) is 0 Å². The Labute approximate surface area is 137 Å². The number of hydrogen-bond donors (Lipinski definition) is 1. The van der Waals surface area contributed by atoms with Crippen LogP contribution in [0.3, 0.4) is 0 Å². The average molecular weight is 310 g/mol. The van der Waals surface area contributed by atoms with Crippen LogP contribution in [0.15, 0.2) is 54.6 Å². The Kier molecular flexibility index (Phi) is 5.92. The lowest BCUT2D eigenvalue weighted by Gasteiger charge is -2.19. The molecular weight excluding hydrogens is 288 g/mol. The minimum absolute atomic E-state index is 0.0189. The van der Waals surface area contributed by atoms with Gasteiger partial charge in [0.25, 0.3) is 5.91 Å². The van der Waals surface area contributed by atoms with Crippen molar-refractivity contribution in [2.45, 2.75) is 19.8 Å². The van der Waals surface area contributed by atoms with Crippen LogP contribution in [0, 0.1) is 0 Å². The van der Waals surface area contributed by atoms with E-state index in [0.717, 1.165) is 6.42 Å². The summed E-state index contributed by atoms with van der Waals surface area (Å²) in [7, 11) is 1.70. The number of hydrogen-bond acceptors (Lipinski definition) is 2. The molecule has 23 heavy (non-hydrogen) atoms. The summed E-state index contributed by atoms with van der Waals surface area (Å²) in [6, 6.07) is 17.2. The predicted octanol–water partition coefficient (Wildman–Crippen LogP) is 3.03. The molecule has 0 aliphatic rings. The number of carbonyl (C=O) groups is 2. The SMILES string of the molecule is CCC(=O)N(C)c1ccccc1C(=O)NCCc1ccccc1. The molecule has 0 spiro atoms. The highest BCUT2D eigenvalue weighted by Gasteiger charge is 2.16. The minimum atomic E-state index is -0.160.